The van der Waals surface area contributed by atoms with Gasteiger partial charge in [0, 0.05) is 54.9 Å². The Balaban J connectivity index is 1.70. The van der Waals surface area contributed by atoms with Crippen molar-refractivity contribution in [3.8, 4) is 0 Å². The van der Waals surface area contributed by atoms with Crippen molar-refractivity contribution in [1.29, 1.82) is 0 Å². The lowest BCUT2D eigenvalue weighted by molar-refractivity contribution is -0.117. The number of piperazine rings is 1. The maximum Gasteiger partial charge on any atom is 0.236 e. The monoisotopic (exact) mass is 433 g/mol. The summed E-state index contributed by atoms with van der Waals surface area (Å²) in [6, 6.07) is 14.8. The van der Waals surface area contributed by atoms with E-state index < -0.39 is 5.91 Å². The van der Waals surface area contributed by atoms with Gasteiger partial charge in [0.25, 0.3) is 0 Å². The number of rotatable bonds is 9. The fraction of sp³-hybridized carbons (Fsp3) is 0.346. The maximum absolute atomic E-state index is 11.0. The predicted molar refractivity (Wildman–Crippen MR) is 134 cm³/mol. The molecule has 1 atom stereocenters. The van der Waals surface area contributed by atoms with Crippen molar-refractivity contribution in [2.75, 3.05) is 44.7 Å². The molecule has 2 aromatic rings. The molecule has 170 valence electrons. The molecule has 6 heteroatoms. The third-order valence-corrected chi connectivity index (χ3v) is 6.02. The quantitative estimate of drug-likeness (QED) is 0.567. The van der Waals surface area contributed by atoms with Gasteiger partial charge in [-0.25, -0.2) is 0 Å². The number of carbonyl (C=O) groups is 1. The van der Waals surface area contributed by atoms with Crippen LogP contribution in [0.15, 0.2) is 55.6 Å². The van der Waals surface area contributed by atoms with Gasteiger partial charge in [-0.15, -0.1) is 0 Å². The number of nitrogens with zero attached hydrogens (tertiary/aromatic N) is 2. The summed E-state index contributed by atoms with van der Waals surface area (Å²) in [6.07, 6.45) is 0. The molecule has 3 rings (SSSR count). The SMILES string of the molecule is C=C(NCC(N)=O)c1cccc([C@@H](C)NC(=C)c2cc(N3CCN(C)CC3)ccc2C)c1. The zero-order valence-electron chi connectivity index (χ0n) is 19.4. The van der Waals surface area contributed by atoms with Gasteiger partial charge in [0.1, 0.15) is 0 Å². The standard InChI is InChI=1S/C26H35N5O/c1-18-9-10-24(31-13-11-30(5)12-14-31)16-25(18)21(4)29-20(3)23-8-6-7-22(15-23)19(2)28-17-26(27)32/h6-10,15-16,20,28-29H,2,4,11-14,17H2,1,3,5H3,(H2,27,32)/t20-/m1/s1. The first-order chi connectivity index (χ1) is 15.2. The summed E-state index contributed by atoms with van der Waals surface area (Å²) in [7, 11) is 2.17. The van der Waals surface area contributed by atoms with Crippen LogP contribution < -0.4 is 21.3 Å². The lowest BCUT2D eigenvalue weighted by Gasteiger charge is -2.34. The van der Waals surface area contributed by atoms with Gasteiger partial charge in [-0.2, -0.15) is 0 Å². The van der Waals surface area contributed by atoms with Gasteiger partial charge in [0.05, 0.1) is 6.54 Å². The molecule has 0 spiro atoms. The Hall–Kier alpha value is -3.25. The van der Waals surface area contributed by atoms with E-state index in [-0.39, 0.29) is 12.6 Å². The zero-order chi connectivity index (χ0) is 23.3. The van der Waals surface area contributed by atoms with Crippen LogP contribution in [0.2, 0.25) is 0 Å². The van der Waals surface area contributed by atoms with E-state index in [1.165, 1.54) is 11.3 Å². The van der Waals surface area contributed by atoms with Gasteiger partial charge in [-0.1, -0.05) is 37.4 Å². The molecular weight excluding hydrogens is 398 g/mol. The number of aryl methyl sites for hydroxylation is 1. The Morgan fingerprint density at radius 2 is 1.81 bits per heavy atom. The van der Waals surface area contributed by atoms with Gasteiger partial charge in [-0.3, -0.25) is 4.79 Å². The van der Waals surface area contributed by atoms with Crippen LogP contribution in [0.4, 0.5) is 5.69 Å². The molecule has 1 fully saturated rings. The highest BCUT2D eigenvalue weighted by Crippen LogP contribution is 2.26. The average Bonchev–Trinajstić information content (AvgIpc) is 2.78. The normalized spacial score (nSPS) is 15.2. The minimum absolute atomic E-state index is 0.0538. The molecule has 0 aromatic heterocycles. The number of anilines is 1. The second-order valence-electron chi connectivity index (χ2n) is 8.56. The molecule has 1 aliphatic rings. The van der Waals surface area contributed by atoms with Crippen molar-refractivity contribution in [3.05, 3.63) is 77.9 Å². The Bertz CT molecular complexity index is 991. The Labute approximate surface area is 191 Å². The molecule has 0 unspecified atom stereocenters. The molecule has 0 radical (unpaired) electrons. The number of hydrogen-bond acceptors (Lipinski definition) is 5. The van der Waals surface area contributed by atoms with Crippen LogP contribution in [-0.2, 0) is 4.79 Å². The molecule has 6 nitrogen and oxygen atoms in total. The fourth-order valence-electron chi connectivity index (χ4n) is 3.91. The molecule has 4 N–H and O–H groups in total. The lowest BCUT2D eigenvalue weighted by Crippen LogP contribution is -2.44. The molecule has 0 bridgehead atoms. The highest BCUT2D eigenvalue weighted by molar-refractivity contribution is 5.78. The number of likely N-dealkylation sites (N-methyl/N-ethyl adjacent to an activating group) is 1. The van der Waals surface area contributed by atoms with E-state index >= 15 is 0 Å². The molecule has 1 saturated heterocycles. The van der Waals surface area contributed by atoms with Crippen LogP contribution in [0.5, 0.6) is 0 Å². The Morgan fingerprint density at radius 1 is 1.09 bits per heavy atom. The summed E-state index contributed by atoms with van der Waals surface area (Å²) in [5.74, 6) is -0.414. The number of primary amides is 1. The van der Waals surface area contributed by atoms with Gasteiger partial charge in [0.2, 0.25) is 5.91 Å². The first-order valence-corrected chi connectivity index (χ1v) is 11.1. The van der Waals surface area contributed by atoms with Crippen molar-refractivity contribution in [3.63, 3.8) is 0 Å². The molecule has 1 heterocycles. The molecule has 2 aromatic carbocycles. The van der Waals surface area contributed by atoms with Crippen LogP contribution in [0, 0.1) is 6.92 Å². The molecule has 0 saturated carbocycles. The second kappa shape index (κ2) is 10.4. The summed E-state index contributed by atoms with van der Waals surface area (Å²) in [6.45, 7) is 16.9. The summed E-state index contributed by atoms with van der Waals surface area (Å²) in [5.41, 5.74) is 12.4. The van der Waals surface area contributed by atoms with Crippen LogP contribution in [0.25, 0.3) is 11.4 Å². The first-order valence-electron chi connectivity index (χ1n) is 11.1. The number of benzene rings is 2. The summed E-state index contributed by atoms with van der Waals surface area (Å²) in [5, 5.41) is 6.53. The van der Waals surface area contributed by atoms with E-state index in [0.717, 1.165) is 48.6 Å². The van der Waals surface area contributed by atoms with Crippen LogP contribution in [-0.4, -0.2) is 50.6 Å². The van der Waals surface area contributed by atoms with E-state index in [9.17, 15) is 4.79 Å². The fourth-order valence-corrected chi connectivity index (χ4v) is 3.91. The maximum atomic E-state index is 11.0. The molecule has 1 amide bonds. The van der Waals surface area contributed by atoms with Crippen molar-refractivity contribution in [1.82, 2.24) is 15.5 Å². The molecular formula is C26H35N5O. The number of amides is 1. The first kappa shape index (κ1) is 23.4. The van der Waals surface area contributed by atoms with Crippen LogP contribution in [0.3, 0.4) is 0 Å². The minimum atomic E-state index is -0.414. The Morgan fingerprint density at radius 3 is 2.50 bits per heavy atom. The highest BCUT2D eigenvalue weighted by Gasteiger charge is 2.16. The van der Waals surface area contributed by atoms with Crippen molar-refractivity contribution in [2.24, 2.45) is 5.73 Å². The zero-order valence-corrected chi connectivity index (χ0v) is 19.4. The van der Waals surface area contributed by atoms with Crippen molar-refractivity contribution >= 4 is 23.0 Å². The summed E-state index contributed by atoms with van der Waals surface area (Å²) in [4.78, 5) is 15.8. The number of nitrogens with two attached hydrogens (primary N) is 1. The van der Waals surface area contributed by atoms with Crippen LogP contribution in [0.1, 0.15) is 35.2 Å². The second-order valence-corrected chi connectivity index (χ2v) is 8.56. The highest BCUT2D eigenvalue weighted by atomic mass is 16.1. The van der Waals surface area contributed by atoms with E-state index in [1.807, 2.05) is 12.1 Å². The largest absolute Gasteiger partial charge is 0.379 e. The van der Waals surface area contributed by atoms with E-state index in [2.05, 4.69) is 84.8 Å². The van der Waals surface area contributed by atoms with Gasteiger partial charge >= 0.3 is 0 Å². The summed E-state index contributed by atoms with van der Waals surface area (Å²) >= 11 is 0. The molecule has 32 heavy (non-hydrogen) atoms. The van der Waals surface area contributed by atoms with Crippen molar-refractivity contribution in [2.45, 2.75) is 19.9 Å². The van der Waals surface area contributed by atoms with Gasteiger partial charge in [0.15, 0.2) is 0 Å². The average molecular weight is 434 g/mol. The smallest absolute Gasteiger partial charge is 0.236 e. The minimum Gasteiger partial charge on any atom is -0.379 e. The van der Waals surface area contributed by atoms with Gasteiger partial charge < -0.3 is 26.2 Å². The molecule has 1 aliphatic heterocycles. The number of carbonyl (C=O) groups excluding carboxylic acids is 1. The number of hydrogen-bond donors (Lipinski definition) is 3. The summed E-state index contributed by atoms with van der Waals surface area (Å²) < 4.78 is 0. The number of nitrogens with one attached hydrogen (secondary N) is 2. The van der Waals surface area contributed by atoms with Crippen molar-refractivity contribution < 1.29 is 4.79 Å². The Kier molecular flexibility index (Phi) is 7.59. The van der Waals surface area contributed by atoms with Gasteiger partial charge in [-0.05, 0) is 55.8 Å². The topological polar surface area (TPSA) is 73.6 Å². The third kappa shape index (κ3) is 5.92. The van der Waals surface area contributed by atoms with E-state index in [4.69, 9.17) is 5.73 Å². The van der Waals surface area contributed by atoms with Crippen LogP contribution >= 0.6 is 0 Å². The third-order valence-electron chi connectivity index (χ3n) is 6.02. The molecule has 0 aliphatic carbocycles. The lowest BCUT2D eigenvalue weighted by atomic mass is 10.0. The van der Waals surface area contributed by atoms with E-state index in [0.29, 0.717) is 5.70 Å². The predicted octanol–water partition coefficient (Wildman–Crippen LogP) is 3.11. The van der Waals surface area contributed by atoms with E-state index in [1.54, 1.807) is 0 Å².